The molecule has 8 heteroatoms. The molecule has 1 saturated heterocycles. The number of aromatic nitrogens is 6. The normalized spacial score (nSPS) is 16.0. The van der Waals surface area contributed by atoms with Crippen molar-refractivity contribution in [2.24, 2.45) is 13.0 Å². The van der Waals surface area contributed by atoms with E-state index in [0.717, 1.165) is 70.6 Å². The monoisotopic (exact) mass is 496 g/mol. The predicted molar refractivity (Wildman–Crippen MR) is 143 cm³/mol. The molecule has 0 saturated carbocycles. The van der Waals surface area contributed by atoms with E-state index in [2.05, 4.69) is 51.3 Å². The number of hydrogen-bond acceptors (Lipinski definition) is 6. The van der Waals surface area contributed by atoms with Crippen LogP contribution in [0.5, 0.6) is 0 Å². The van der Waals surface area contributed by atoms with Crippen molar-refractivity contribution in [1.82, 2.24) is 29.5 Å². The second kappa shape index (κ2) is 9.04. The fourth-order valence-corrected chi connectivity index (χ4v) is 5.70. The van der Waals surface area contributed by atoms with Crippen molar-refractivity contribution in [1.29, 1.82) is 0 Å². The lowest BCUT2D eigenvalue weighted by atomic mass is 9.86. The van der Waals surface area contributed by atoms with Crippen molar-refractivity contribution >= 4 is 22.1 Å². The number of nitrogens with zero attached hydrogens (tertiary/aromatic N) is 6. The van der Waals surface area contributed by atoms with Crippen LogP contribution >= 0.6 is 0 Å². The summed E-state index contributed by atoms with van der Waals surface area (Å²) in [6.07, 6.45) is 5.63. The van der Waals surface area contributed by atoms with Crippen LogP contribution in [0.15, 0.2) is 54.9 Å². The highest BCUT2D eigenvalue weighted by Gasteiger charge is 2.31. The first-order valence-electron chi connectivity index (χ1n) is 12.8. The van der Waals surface area contributed by atoms with E-state index in [1.807, 2.05) is 26.2 Å². The minimum atomic E-state index is -1.01. The zero-order valence-electron chi connectivity index (χ0n) is 21.7. The SMILES string of the molecule is Cc1nnn(C)c1-c1cnc2c3cc(C(C)(C)O)cnc3n([C@H](c3ccccc3)C3CCOCC3)c2c1. The average Bonchev–Trinajstić information content (AvgIpc) is 3.40. The molecule has 1 aliphatic heterocycles. The summed E-state index contributed by atoms with van der Waals surface area (Å²) >= 11 is 0. The largest absolute Gasteiger partial charge is 0.386 e. The van der Waals surface area contributed by atoms with Crippen molar-refractivity contribution in [2.75, 3.05) is 13.2 Å². The van der Waals surface area contributed by atoms with Gasteiger partial charge in [-0.25, -0.2) is 9.67 Å². The Kier molecular flexibility index (Phi) is 5.81. The van der Waals surface area contributed by atoms with Gasteiger partial charge in [0, 0.05) is 49.2 Å². The molecule has 1 N–H and O–H groups in total. The Bertz CT molecular complexity index is 1560. The third-order valence-corrected chi connectivity index (χ3v) is 7.58. The van der Waals surface area contributed by atoms with E-state index in [1.54, 1.807) is 24.7 Å². The minimum Gasteiger partial charge on any atom is -0.386 e. The third-order valence-electron chi connectivity index (χ3n) is 7.58. The molecule has 0 amide bonds. The topological polar surface area (TPSA) is 90.9 Å². The zero-order chi connectivity index (χ0) is 25.7. The van der Waals surface area contributed by atoms with Crippen molar-refractivity contribution in [2.45, 2.75) is 45.3 Å². The molecular weight excluding hydrogens is 464 g/mol. The molecule has 5 heterocycles. The number of ether oxygens (including phenoxy) is 1. The Labute approximate surface area is 215 Å². The smallest absolute Gasteiger partial charge is 0.143 e. The van der Waals surface area contributed by atoms with Gasteiger partial charge in [0.1, 0.15) is 5.65 Å². The van der Waals surface area contributed by atoms with Gasteiger partial charge in [-0.2, -0.15) is 0 Å². The van der Waals surface area contributed by atoms with Crippen LogP contribution in [0.1, 0.15) is 49.6 Å². The van der Waals surface area contributed by atoms with Crippen molar-refractivity contribution in [3.63, 3.8) is 0 Å². The highest BCUT2D eigenvalue weighted by molar-refractivity contribution is 6.05. The van der Waals surface area contributed by atoms with Gasteiger partial charge in [-0.05, 0) is 57.2 Å². The molecule has 1 aromatic carbocycles. The van der Waals surface area contributed by atoms with Crippen LogP contribution in [-0.4, -0.2) is 47.8 Å². The van der Waals surface area contributed by atoms with E-state index >= 15 is 0 Å². The Hall–Kier alpha value is -3.62. The molecule has 0 unspecified atom stereocenters. The maximum Gasteiger partial charge on any atom is 0.143 e. The number of pyridine rings is 2. The molecule has 1 aliphatic rings. The summed E-state index contributed by atoms with van der Waals surface area (Å²) in [6.45, 7) is 7.05. The zero-order valence-corrected chi connectivity index (χ0v) is 21.7. The summed E-state index contributed by atoms with van der Waals surface area (Å²) in [5, 5.41) is 20.2. The molecule has 4 aromatic heterocycles. The first kappa shape index (κ1) is 23.8. The molecule has 1 fully saturated rings. The number of rotatable bonds is 5. The van der Waals surface area contributed by atoms with Crippen LogP contribution in [0.3, 0.4) is 0 Å². The van der Waals surface area contributed by atoms with Gasteiger partial charge in [0.15, 0.2) is 0 Å². The number of hydrogen-bond donors (Lipinski definition) is 1. The summed E-state index contributed by atoms with van der Waals surface area (Å²) in [7, 11) is 1.90. The van der Waals surface area contributed by atoms with E-state index in [0.29, 0.717) is 5.92 Å². The maximum absolute atomic E-state index is 10.8. The molecule has 1 atom stereocenters. The van der Waals surface area contributed by atoms with Crippen molar-refractivity contribution in [3.05, 3.63) is 71.7 Å². The Morgan fingerprint density at radius 3 is 2.49 bits per heavy atom. The van der Waals surface area contributed by atoms with Crippen LogP contribution < -0.4 is 0 Å². The second-order valence-electron chi connectivity index (χ2n) is 10.6. The second-order valence-corrected chi connectivity index (χ2v) is 10.6. The van der Waals surface area contributed by atoms with Crippen LogP contribution in [0, 0.1) is 12.8 Å². The fraction of sp³-hybridized carbons (Fsp3) is 0.379. The molecular formula is C29H32N6O2. The standard InChI is InChI=1S/C29H32N6O2/c1-18-26(34(4)33-32-18)21-14-24-25(30-16-21)23-15-22(29(2,3)36)17-31-28(23)35(24)27(19-8-6-5-7-9-19)20-10-12-37-13-11-20/h5-9,14-17,20,27,36H,10-13H2,1-4H3/t27-/m1/s1. The molecule has 0 bridgehead atoms. The molecule has 0 spiro atoms. The molecule has 6 rings (SSSR count). The van der Waals surface area contributed by atoms with Gasteiger partial charge in [0.25, 0.3) is 0 Å². The van der Waals surface area contributed by atoms with E-state index < -0.39 is 5.60 Å². The molecule has 37 heavy (non-hydrogen) atoms. The predicted octanol–water partition coefficient (Wildman–Crippen LogP) is 4.93. The van der Waals surface area contributed by atoms with Gasteiger partial charge in [-0.1, -0.05) is 35.5 Å². The van der Waals surface area contributed by atoms with Crippen molar-refractivity contribution in [3.8, 4) is 11.3 Å². The highest BCUT2D eigenvalue weighted by Crippen LogP contribution is 2.41. The summed E-state index contributed by atoms with van der Waals surface area (Å²) in [4.78, 5) is 9.93. The number of aliphatic hydroxyl groups is 1. The van der Waals surface area contributed by atoms with Gasteiger partial charge in [-0.3, -0.25) is 4.98 Å². The third kappa shape index (κ3) is 4.10. The van der Waals surface area contributed by atoms with Gasteiger partial charge >= 0.3 is 0 Å². The summed E-state index contributed by atoms with van der Waals surface area (Å²) in [5.41, 5.74) is 6.51. The Balaban J connectivity index is 1.68. The molecule has 190 valence electrons. The van der Waals surface area contributed by atoms with Crippen LogP contribution in [0.25, 0.3) is 33.3 Å². The Morgan fingerprint density at radius 2 is 1.81 bits per heavy atom. The van der Waals surface area contributed by atoms with E-state index in [4.69, 9.17) is 14.7 Å². The van der Waals surface area contributed by atoms with Gasteiger partial charge in [0.05, 0.1) is 34.1 Å². The van der Waals surface area contributed by atoms with E-state index in [1.165, 1.54) is 5.56 Å². The highest BCUT2D eigenvalue weighted by atomic mass is 16.5. The summed E-state index contributed by atoms with van der Waals surface area (Å²) in [5.74, 6) is 0.384. The summed E-state index contributed by atoms with van der Waals surface area (Å²) in [6, 6.07) is 15.0. The first-order valence-corrected chi connectivity index (χ1v) is 12.8. The van der Waals surface area contributed by atoms with E-state index in [-0.39, 0.29) is 6.04 Å². The van der Waals surface area contributed by atoms with Crippen LogP contribution in [0.2, 0.25) is 0 Å². The quantitative estimate of drug-likeness (QED) is 0.371. The lowest BCUT2D eigenvalue weighted by Crippen LogP contribution is -2.27. The van der Waals surface area contributed by atoms with Gasteiger partial charge in [-0.15, -0.1) is 5.10 Å². The van der Waals surface area contributed by atoms with Crippen LogP contribution in [-0.2, 0) is 17.4 Å². The Morgan fingerprint density at radius 1 is 1.05 bits per heavy atom. The lowest BCUT2D eigenvalue weighted by Gasteiger charge is -2.32. The number of fused-ring (bicyclic) bond motifs is 3. The van der Waals surface area contributed by atoms with Gasteiger partial charge < -0.3 is 14.4 Å². The van der Waals surface area contributed by atoms with Crippen LogP contribution in [0.4, 0.5) is 0 Å². The molecule has 8 nitrogen and oxygen atoms in total. The molecule has 0 aliphatic carbocycles. The average molecular weight is 497 g/mol. The maximum atomic E-state index is 10.8. The number of benzene rings is 1. The molecule has 0 radical (unpaired) electrons. The minimum absolute atomic E-state index is 0.0633. The number of aryl methyl sites for hydroxylation is 2. The van der Waals surface area contributed by atoms with Gasteiger partial charge in [0.2, 0.25) is 0 Å². The first-order chi connectivity index (χ1) is 17.8. The van der Waals surface area contributed by atoms with E-state index in [9.17, 15) is 5.11 Å². The fourth-order valence-electron chi connectivity index (χ4n) is 5.70. The summed E-state index contributed by atoms with van der Waals surface area (Å²) < 4.78 is 9.90. The molecule has 5 aromatic rings. The van der Waals surface area contributed by atoms with Crippen molar-refractivity contribution < 1.29 is 9.84 Å². The lowest BCUT2D eigenvalue weighted by molar-refractivity contribution is 0.0552.